The molecule has 1 aromatic carbocycles. The second kappa shape index (κ2) is 8.56. The van der Waals surface area contributed by atoms with E-state index in [4.69, 9.17) is 0 Å². The van der Waals surface area contributed by atoms with E-state index in [2.05, 4.69) is 22.4 Å². The van der Waals surface area contributed by atoms with Crippen LogP contribution >= 0.6 is 11.8 Å². The third kappa shape index (κ3) is 4.16. The minimum Gasteiger partial charge on any atom is -0.353 e. The number of hydrogen-bond donors (Lipinski definition) is 1. The number of rotatable bonds is 8. The molecular weight excluding hydrogens is 362 g/mol. The van der Waals surface area contributed by atoms with Gasteiger partial charge in [-0.05, 0) is 25.5 Å². The van der Waals surface area contributed by atoms with E-state index in [0.29, 0.717) is 16.3 Å². The van der Waals surface area contributed by atoms with Crippen molar-refractivity contribution in [3.63, 3.8) is 0 Å². The van der Waals surface area contributed by atoms with Crippen molar-refractivity contribution >= 4 is 34.3 Å². The Labute approximate surface area is 162 Å². The lowest BCUT2D eigenvalue weighted by molar-refractivity contribution is -0.119. The fraction of sp³-hybridized carbons (Fsp3) is 0.474. The van der Waals surface area contributed by atoms with E-state index in [-0.39, 0.29) is 23.3 Å². The van der Waals surface area contributed by atoms with E-state index in [0.717, 1.165) is 18.4 Å². The molecule has 7 nitrogen and oxygen atoms in total. The maximum Gasteiger partial charge on any atom is 0.262 e. The molecule has 0 radical (unpaired) electrons. The first-order valence-corrected chi connectivity index (χ1v) is 10.3. The smallest absolute Gasteiger partial charge is 0.262 e. The van der Waals surface area contributed by atoms with Crippen molar-refractivity contribution in [3.8, 4) is 0 Å². The summed E-state index contributed by atoms with van der Waals surface area (Å²) >= 11 is 1.33. The summed E-state index contributed by atoms with van der Waals surface area (Å²) in [4.78, 5) is 24.7. The summed E-state index contributed by atoms with van der Waals surface area (Å²) in [6.07, 6.45) is 4.48. The van der Waals surface area contributed by atoms with Gasteiger partial charge >= 0.3 is 0 Å². The first kappa shape index (κ1) is 19.4. The van der Waals surface area contributed by atoms with E-state index in [1.807, 2.05) is 29.5 Å². The Hall–Kier alpha value is -2.35. The van der Waals surface area contributed by atoms with Gasteiger partial charge in [-0.3, -0.25) is 18.6 Å². The summed E-state index contributed by atoms with van der Waals surface area (Å²) in [6, 6.07) is 7.53. The van der Waals surface area contributed by atoms with Gasteiger partial charge < -0.3 is 5.32 Å². The van der Waals surface area contributed by atoms with Gasteiger partial charge in [0.2, 0.25) is 11.7 Å². The van der Waals surface area contributed by atoms with Crippen molar-refractivity contribution in [3.05, 3.63) is 34.6 Å². The number of fused-ring (bicyclic) bond motifs is 3. The highest BCUT2D eigenvalue weighted by Crippen LogP contribution is 2.21. The Bertz CT molecular complexity index is 1010. The summed E-state index contributed by atoms with van der Waals surface area (Å²) in [5.74, 6) is 0.709. The van der Waals surface area contributed by atoms with E-state index in [1.54, 1.807) is 13.1 Å². The van der Waals surface area contributed by atoms with E-state index in [1.165, 1.54) is 29.2 Å². The number of thioether (sulfide) groups is 1. The number of nitrogens with zero attached hydrogens (tertiary/aromatic N) is 4. The SMILES string of the molecule is CCCCCC(C)NC(=O)CSc1nnc2n(C)c(=O)c3ccccc3n12. The molecule has 2 aromatic heterocycles. The molecule has 0 aliphatic rings. The monoisotopic (exact) mass is 387 g/mol. The quantitative estimate of drug-likeness (QED) is 0.475. The summed E-state index contributed by atoms with van der Waals surface area (Å²) in [7, 11) is 1.68. The molecule has 0 fully saturated rings. The van der Waals surface area contributed by atoms with Crippen LogP contribution in [0.25, 0.3) is 16.7 Å². The van der Waals surface area contributed by atoms with Crippen molar-refractivity contribution in [2.45, 2.75) is 50.7 Å². The molecule has 8 heteroatoms. The molecule has 0 aliphatic carbocycles. The molecule has 3 rings (SSSR count). The van der Waals surface area contributed by atoms with Crippen LogP contribution in [0.1, 0.15) is 39.5 Å². The second-order valence-electron chi connectivity index (χ2n) is 6.75. The van der Waals surface area contributed by atoms with Gasteiger partial charge in [0.05, 0.1) is 16.7 Å². The van der Waals surface area contributed by atoms with Crippen LogP contribution in [0.2, 0.25) is 0 Å². The van der Waals surface area contributed by atoms with Gasteiger partial charge in [0.1, 0.15) is 0 Å². The number of amides is 1. The molecule has 0 aliphatic heterocycles. The standard InChI is InChI=1S/C19H25N5O2S/c1-4-5-6-9-13(2)20-16(25)12-27-19-22-21-18-23(3)17(26)14-10-7-8-11-15(14)24(18)19/h7-8,10-11,13H,4-6,9,12H2,1-3H3,(H,20,25). The van der Waals surface area contributed by atoms with Gasteiger partial charge in [-0.2, -0.15) is 0 Å². The zero-order valence-corrected chi connectivity index (χ0v) is 16.8. The largest absolute Gasteiger partial charge is 0.353 e. The number of hydrogen-bond acceptors (Lipinski definition) is 5. The molecule has 2 heterocycles. The van der Waals surface area contributed by atoms with Crippen LogP contribution in [0.5, 0.6) is 0 Å². The summed E-state index contributed by atoms with van der Waals surface area (Å²) in [6.45, 7) is 4.20. The summed E-state index contributed by atoms with van der Waals surface area (Å²) in [5, 5.41) is 12.6. The number of benzene rings is 1. The first-order valence-electron chi connectivity index (χ1n) is 9.28. The van der Waals surface area contributed by atoms with E-state index >= 15 is 0 Å². The molecule has 27 heavy (non-hydrogen) atoms. The predicted octanol–water partition coefficient (Wildman–Crippen LogP) is 2.76. The van der Waals surface area contributed by atoms with Gasteiger partial charge in [0.15, 0.2) is 5.16 Å². The minimum absolute atomic E-state index is 0.0186. The molecule has 3 aromatic rings. The average Bonchev–Trinajstić information content (AvgIpc) is 3.09. The second-order valence-corrected chi connectivity index (χ2v) is 7.69. The number of unbranched alkanes of at least 4 members (excludes halogenated alkanes) is 2. The number of nitrogens with one attached hydrogen (secondary N) is 1. The topological polar surface area (TPSA) is 81.3 Å². The summed E-state index contributed by atoms with van der Waals surface area (Å²) in [5.41, 5.74) is 0.636. The molecule has 0 saturated heterocycles. The minimum atomic E-state index is -0.110. The molecule has 0 saturated carbocycles. The van der Waals surface area contributed by atoms with Gasteiger partial charge in [-0.25, -0.2) is 0 Å². The number of carbonyl (C=O) groups is 1. The Balaban J connectivity index is 1.77. The van der Waals surface area contributed by atoms with E-state index < -0.39 is 0 Å². The third-order valence-electron chi connectivity index (χ3n) is 4.58. The van der Waals surface area contributed by atoms with Crippen molar-refractivity contribution in [2.24, 2.45) is 7.05 Å². The lowest BCUT2D eigenvalue weighted by atomic mass is 10.1. The number of para-hydroxylation sites is 1. The maximum absolute atomic E-state index is 12.5. The van der Waals surface area contributed by atoms with E-state index in [9.17, 15) is 9.59 Å². The molecule has 1 amide bonds. The molecule has 0 spiro atoms. The van der Waals surface area contributed by atoms with Crippen molar-refractivity contribution < 1.29 is 4.79 Å². The van der Waals surface area contributed by atoms with Crippen LogP contribution in [0.3, 0.4) is 0 Å². The molecule has 144 valence electrons. The molecule has 1 N–H and O–H groups in total. The molecule has 1 unspecified atom stereocenters. The Morgan fingerprint density at radius 3 is 2.81 bits per heavy atom. The zero-order chi connectivity index (χ0) is 19.4. The van der Waals surface area contributed by atoms with Gasteiger partial charge in [-0.1, -0.05) is 50.1 Å². The van der Waals surface area contributed by atoms with Gasteiger partial charge in [0.25, 0.3) is 5.56 Å². The normalized spacial score (nSPS) is 12.6. The number of aromatic nitrogens is 4. The fourth-order valence-electron chi connectivity index (χ4n) is 3.12. The number of aryl methyl sites for hydroxylation is 1. The van der Waals surface area contributed by atoms with Gasteiger partial charge in [-0.15, -0.1) is 10.2 Å². The Morgan fingerprint density at radius 2 is 2.04 bits per heavy atom. The highest BCUT2D eigenvalue weighted by atomic mass is 32.2. The fourth-order valence-corrected chi connectivity index (χ4v) is 3.88. The van der Waals surface area contributed by atoms with Crippen LogP contribution in [0.15, 0.2) is 34.2 Å². The summed E-state index contributed by atoms with van der Waals surface area (Å²) < 4.78 is 3.31. The molecular formula is C19H25N5O2S. The average molecular weight is 388 g/mol. The van der Waals surface area contributed by atoms with Crippen LogP contribution in [0, 0.1) is 0 Å². The van der Waals surface area contributed by atoms with Crippen LogP contribution in [-0.4, -0.2) is 36.9 Å². The maximum atomic E-state index is 12.5. The van der Waals surface area contributed by atoms with Crippen LogP contribution in [0.4, 0.5) is 0 Å². The highest BCUT2D eigenvalue weighted by Gasteiger charge is 2.16. The first-order chi connectivity index (χ1) is 13.0. The van der Waals surface area contributed by atoms with Crippen LogP contribution in [-0.2, 0) is 11.8 Å². The van der Waals surface area contributed by atoms with Crippen molar-refractivity contribution in [1.82, 2.24) is 24.5 Å². The molecule has 0 bridgehead atoms. The lowest BCUT2D eigenvalue weighted by Gasteiger charge is -2.13. The van der Waals surface area contributed by atoms with Crippen molar-refractivity contribution in [2.75, 3.05) is 5.75 Å². The van der Waals surface area contributed by atoms with Crippen LogP contribution < -0.4 is 10.9 Å². The lowest BCUT2D eigenvalue weighted by Crippen LogP contribution is -2.33. The van der Waals surface area contributed by atoms with Gasteiger partial charge in [0, 0.05) is 13.1 Å². The third-order valence-corrected chi connectivity index (χ3v) is 5.51. The highest BCUT2D eigenvalue weighted by molar-refractivity contribution is 7.99. The number of carbonyl (C=O) groups excluding carboxylic acids is 1. The zero-order valence-electron chi connectivity index (χ0n) is 15.9. The Kier molecular flexibility index (Phi) is 6.15. The van der Waals surface area contributed by atoms with Crippen molar-refractivity contribution in [1.29, 1.82) is 0 Å². The Morgan fingerprint density at radius 1 is 1.26 bits per heavy atom. The molecule has 1 atom stereocenters. The predicted molar refractivity (Wildman–Crippen MR) is 108 cm³/mol.